The second-order valence-corrected chi connectivity index (χ2v) is 5.09. The molecule has 0 radical (unpaired) electrons. The number of nitrogens with one attached hydrogen (secondary N) is 2. The molecule has 2 N–H and O–H groups in total. The van der Waals surface area contributed by atoms with Crippen molar-refractivity contribution in [3.05, 3.63) is 17.7 Å². The standard InChI is InChI=1S/C11H19N3/c1-11(2,3)10-13-7-9(14-10)8-5-4-6-12-8/h7-8,12H,4-6H2,1-3H3,(H,13,14). The fourth-order valence-electron chi connectivity index (χ4n) is 1.84. The largest absolute Gasteiger partial charge is 0.344 e. The van der Waals surface area contributed by atoms with E-state index in [1.54, 1.807) is 0 Å². The first kappa shape index (κ1) is 9.71. The molecule has 1 fully saturated rings. The molecule has 2 rings (SSSR count). The lowest BCUT2D eigenvalue weighted by atomic mass is 9.96. The summed E-state index contributed by atoms with van der Waals surface area (Å²) in [5, 5.41) is 3.47. The van der Waals surface area contributed by atoms with Crippen molar-refractivity contribution >= 4 is 0 Å². The monoisotopic (exact) mass is 193 g/mol. The molecule has 0 amide bonds. The molecule has 3 heteroatoms. The van der Waals surface area contributed by atoms with Crippen LogP contribution in [-0.4, -0.2) is 16.5 Å². The third kappa shape index (κ3) is 1.82. The van der Waals surface area contributed by atoms with Gasteiger partial charge in [0.2, 0.25) is 0 Å². The summed E-state index contributed by atoms with van der Waals surface area (Å²) in [7, 11) is 0. The average molecular weight is 193 g/mol. The molecule has 3 nitrogen and oxygen atoms in total. The Hall–Kier alpha value is -0.830. The molecule has 0 spiro atoms. The van der Waals surface area contributed by atoms with E-state index in [4.69, 9.17) is 0 Å². The van der Waals surface area contributed by atoms with Crippen LogP contribution in [0.5, 0.6) is 0 Å². The molecule has 0 saturated carbocycles. The van der Waals surface area contributed by atoms with Gasteiger partial charge in [-0.1, -0.05) is 20.8 Å². The average Bonchev–Trinajstić information content (AvgIpc) is 2.73. The quantitative estimate of drug-likeness (QED) is 0.717. The Morgan fingerprint density at radius 3 is 2.71 bits per heavy atom. The van der Waals surface area contributed by atoms with Crippen LogP contribution in [0.3, 0.4) is 0 Å². The van der Waals surface area contributed by atoms with Crippen LogP contribution < -0.4 is 5.32 Å². The predicted octanol–water partition coefficient (Wildman–Crippen LogP) is 2.13. The second-order valence-electron chi connectivity index (χ2n) is 5.09. The summed E-state index contributed by atoms with van der Waals surface area (Å²) in [6.07, 6.45) is 4.48. The van der Waals surface area contributed by atoms with E-state index in [2.05, 4.69) is 36.1 Å². The van der Waals surface area contributed by atoms with Gasteiger partial charge in [-0.3, -0.25) is 0 Å². The van der Waals surface area contributed by atoms with Gasteiger partial charge in [0.15, 0.2) is 0 Å². The Kier molecular flexibility index (Phi) is 2.35. The van der Waals surface area contributed by atoms with Crippen molar-refractivity contribution in [1.82, 2.24) is 15.3 Å². The maximum absolute atomic E-state index is 4.44. The summed E-state index contributed by atoms with van der Waals surface area (Å²) >= 11 is 0. The fraction of sp³-hybridized carbons (Fsp3) is 0.727. The van der Waals surface area contributed by atoms with Crippen molar-refractivity contribution in [2.45, 2.75) is 45.1 Å². The summed E-state index contributed by atoms with van der Waals surface area (Å²) in [5.41, 5.74) is 1.36. The molecule has 0 aromatic carbocycles. The van der Waals surface area contributed by atoms with Gasteiger partial charge in [0, 0.05) is 17.7 Å². The number of hydrogen-bond donors (Lipinski definition) is 2. The molecule has 1 atom stereocenters. The van der Waals surface area contributed by atoms with Crippen molar-refractivity contribution in [1.29, 1.82) is 0 Å². The van der Waals surface area contributed by atoms with Crippen LogP contribution in [0.15, 0.2) is 6.20 Å². The summed E-state index contributed by atoms with van der Waals surface area (Å²) in [4.78, 5) is 7.86. The van der Waals surface area contributed by atoms with Gasteiger partial charge in [0.25, 0.3) is 0 Å². The van der Waals surface area contributed by atoms with Gasteiger partial charge in [0.05, 0.1) is 5.69 Å². The number of imidazole rings is 1. The number of nitrogens with zero attached hydrogens (tertiary/aromatic N) is 1. The molecule has 1 unspecified atom stereocenters. The van der Waals surface area contributed by atoms with Crippen molar-refractivity contribution in [2.24, 2.45) is 0 Å². The van der Waals surface area contributed by atoms with E-state index in [0.29, 0.717) is 6.04 Å². The summed E-state index contributed by atoms with van der Waals surface area (Å²) in [6, 6.07) is 0.499. The van der Waals surface area contributed by atoms with E-state index in [1.807, 2.05) is 6.20 Å². The van der Waals surface area contributed by atoms with E-state index in [-0.39, 0.29) is 5.41 Å². The van der Waals surface area contributed by atoms with Crippen LogP contribution in [0.25, 0.3) is 0 Å². The van der Waals surface area contributed by atoms with Gasteiger partial charge in [-0.15, -0.1) is 0 Å². The molecule has 14 heavy (non-hydrogen) atoms. The van der Waals surface area contributed by atoms with Gasteiger partial charge in [-0.05, 0) is 19.4 Å². The second kappa shape index (κ2) is 3.39. The summed E-state index contributed by atoms with van der Waals surface area (Å²) in [6.45, 7) is 7.67. The third-order valence-electron chi connectivity index (χ3n) is 2.74. The van der Waals surface area contributed by atoms with Crippen molar-refractivity contribution in [3.8, 4) is 0 Å². The van der Waals surface area contributed by atoms with Gasteiger partial charge in [0.1, 0.15) is 5.82 Å². The van der Waals surface area contributed by atoms with Gasteiger partial charge in [-0.2, -0.15) is 0 Å². The third-order valence-corrected chi connectivity index (χ3v) is 2.74. The highest BCUT2D eigenvalue weighted by molar-refractivity contribution is 5.12. The smallest absolute Gasteiger partial charge is 0.111 e. The first-order valence-corrected chi connectivity index (χ1v) is 5.36. The number of H-pyrrole nitrogens is 1. The lowest BCUT2D eigenvalue weighted by molar-refractivity contribution is 0.546. The Bertz CT molecular complexity index is 303. The lowest BCUT2D eigenvalue weighted by Crippen LogP contribution is -2.15. The number of aromatic nitrogens is 2. The van der Waals surface area contributed by atoms with E-state index < -0.39 is 0 Å². The molecule has 0 aliphatic carbocycles. The molecule has 2 heterocycles. The van der Waals surface area contributed by atoms with E-state index in [9.17, 15) is 0 Å². The molecule has 0 bridgehead atoms. The lowest BCUT2D eigenvalue weighted by Gasteiger charge is -2.14. The zero-order chi connectivity index (χ0) is 10.2. The summed E-state index contributed by atoms with van der Waals surface area (Å²) in [5.74, 6) is 1.08. The fourth-order valence-corrected chi connectivity index (χ4v) is 1.84. The normalized spacial score (nSPS) is 22.9. The molecule has 1 aromatic heterocycles. The molecular formula is C11H19N3. The van der Waals surface area contributed by atoms with E-state index >= 15 is 0 Å². The molecule has 1 saturated heterocycles. The topological polar surface area (TPSA) is 40.7 Å². The molecule has 1 aromatic rings. The molecule has 1 aliphatic heterocycles. The highest BCUT2D eigenvalue weighted by Crippen LogP contribution is 2.24. The number of rotatable bonds is 1. The highest BCUT2D eigenvalue weighted by Gasteiger charge is 2.22. The first-order chi connectivity index (χ1) is 6.57. The van der Waals surface area contributed by atoms with E-state index in [1.165, 1.54) is 18.5 Å². The minimum Gasteiger partial charge on any atom is -0.344 e. The van der Waals surface area contributed by atoms with Gasteiger partial charge < -0.3 is 10.3 Å². The van der Waals surface area contributed by atoms with Crippen LogP contribution in [-0.2, 0) is 5.41 Å². The zero-order valence-corrected chi connectivity index (χ0v) is 9.22. The van der Waals surface area contributed by atoms with Gasteiger partial charge in [-0.25, -0.2) is 4.98 Å². The van der Waals surface area contributed by atoms with Crippen molar-refractivity contribution in [3.63, 3.8) is 0 Å². The minimum atomic E-state index is 0.122. The van der Waals surface area contributed by atoms with Gasteiger partial charge >= 0.3 is 0 Å². The highest BCUT2D eigenvalue weighted by atomic mass is 15.0. The maximum Gasteiger partial charge on any atom is 0.111 e. The Balaban J connectivity index is 2.17. The maximum atomic E-state index is 4.44. The summed E-state index contributed by atoms with van der Waals surface area (Å²) < 4.78 is 0. The minimum absolute atomic E-state index is 0.122. The molecule has 78 valence electrons. The Morgan fingerprint density at radius 1 is 1.43 bits per heavy atom. The number of hydrogen-bond acceptors (Lipinski definition) is 2. The van der Waals surface area contributed by atoms with Crippen LogP contribution in [0.4, 0.5) is 0 Å². The SMILES string of the molecule is CC(C)(C)c1ncc(C2CCCN2)[nH]1. The van der Waals surface area contributed by atoms with E-state index in [0.717, 1.165) is 12.4 Å². The predicted molar refractivity (Wildman–Crippen MR) is 57.3 cm³/mol. The molecular weight excluding hydrogens is 174 g/mol. The van der Waals surface area contributed by atoms with Crippen molar-refractivity contribution < 1.29 is 0 Å². The number of aromatic amines is 1. The van der Waals surface area contributed by atoms with Crippen LogP contribution in [0, 0.1) is 0 Å². The Labute approximate surface area is 85.3 Å². The van der Waals surface area contributed by atoms with Crippen LogP contribution in [0.1, 0.15) is 51.2 Å². The van der Waals surface area contributed by atoms with Crippen LogP contribution in [0.2, 0.25) is 0 Å². The first-order valence-electron chi connectivity index (χ1n) is 5.36. The van der Waals surface area contributed by atoms with Crippen LogP contribution >= 0.6 is 0 Å². The zero-order valence-electron chi connectivity index (χ0n) is 9.22. The Morgan fingerprint density at radius 2 is 2.21 bits per heavy atom. The molecule has 1 aliphatic rings. The van der Waals surface area contributed by atoms with Crippen molar-refractivity contribution in [2.75, 3.05) is 6.54 Å².